The summed E-state index contributed by atoms with van der Waals surface area (Å²) in [5.74, 6) is -0.948. The van der Waals surface area contributed by atoms with Gasteiger partial charge in [-0.15, -0.1) is 0 Å². The highest BCUT2D eigenvalue weighted by Gasteiger charge is 2.36. The zero-order valence-electron chi connectivity index (χ0n) is 12.5. The van der Waals surface area contributed by atoms with Crippen molar-refractivity contribution in [2.75, 3.05) is 26.2 Å². The van der Waals surface area contributed by atoms with Crippen LogP contribution in [-0.4, -0.2) is 59.0 Å². The maximum atomic E-state index is 12.4. The third kappa shape index (κ3) is 3.32. The van der Waals surface area contributed by atoms with Crippen LogP contribution in [-0.2, 0) is 9.59 Å². The van der Waals surface area contributed by atoms with Gasteiger partial charge in [-0.05, 0) is 32.6 Å². The van der Waals surface area contributed by atoms with Gasteiger partial charge in [0.1, 0.15) is 0 Å². The predicted octanol–water partition coefficient (Wildman–Crippen LogP) is 1.43. The summed E-state index contributed by atoms with van der Waals surface area (Å²) in [4.78, 5) is 27.8. The first kappa shape index (κ1) is 15.3. The second-order valence-electron chi connectivity index (χ2n) is 6.16. The lowest BCUT2D eigenvalue weighted by Crippen LogP contribution is -2.52. The molecule has 1 unspecified atom stereocenters. The Morgan fingerprint density at radius 1 is 1.15 bits per heavy atom. The number of carboxylic acids is 1. The predicted molar refractivity (Wildman–Crippen MR) is 76.4 cm³/mol. The molecule has 0 aromatic heterocycles. The highest BCUT2D eigenvalue weighted by Crippen LogP contribution is 2.32. The molecule has 0 spiro atoms. The van der Waals surface area contributed by atoms with E-state index in [0.29, 0.717) is 18.9 Å². The number of hydrogen-bond donors (Lipinski definition) is 1. The summed E-state index contributed by atoms with van der Waals surface area (Å²) in [6, 6.07) is 0.579. The molecule has 0 bridgehead atoms. The largest absolute Gasteiger partial charge is 0.481 e. The summed E-state index contributed by atoms with van der Waals surface area (Å²) in [6.07, 6.45) is 3.05. The Morgan fingerprint density at radius 2 is 1.75 bits per heavy atom. The molecule has 20 heavy (non-hydrogen) atoms. The molecule has 1 N–H and O–H groups in total. The molecule has 5 heteroatoms. The Labute approximate surface area is 120 Å². The Balaban J connectivity index is 1.82. The van der Waals surface area contributed by atoms with Crippen molar-refractivity contribution in [3.8, 4) is 0 Å². The van der Waals surface area contributed by atoms with Gasteiger partial charge in [-0.2, -0.15) is 0 Å². The Hall–Kier alpha value is -1.10. The van der Waals surface area contributed by atoms with Gasteiger partial charge in [0.05, 0.1) is 5.92 Å². The fourth-order valence-corrected chi connectivity index (χ4v) is 3.33. The van der Waals surface area contributed by atoms with Crippen molar-refractivity contribution in [1.29, 1.82) is 0 Å². The minimum Gasteiger partial charge on any atom is -0.481 e. The molecule has 114 valence electrons. The minimum absolute atomic E-state index is 0.0637. The van der Waals surface area contributed by atoms with E-state index in [-0.39, 0.29) is 17.7 Å². The smallest absolute Gasteiger partial charge is 0.306 e. The van der Waals surface area contributed by atoms with E-state index in [1.54, 1.807) is 0 Å². The number of carbonyl (C=O) groups excluding carboxylic acids is 1. The maximum Gasteiger partial charge on any atom is 0.306 e. The van der Waals surface area contributed by atoms with E-state index < -0.39 is 5.97 Å². The number of carbonyl (C=O) groups is 2. The van der Waals surface area contributed by atoms with Crippen molar-refractivity contribution in [2.45, 2.75) is 45.6 Å². The number of aliphatic carboxylic acids is 1. The van der Waals surface area contributed by atoms with Crippen molar-refractivity contribution in [2.24, 2.45) is 11.8 Å². The molecule has 1 saturated carbocycles. The average molecular weight is 282 g/mol. The van der Waals surface area contributed by atoms with Crippen molar-refractivity contribution in [3.63, 3.8) is 0 Å². The molecule has 5 nitrogen and oxygen atoms in total. The molecule has 2 rings (SSSR count). The molecular formula is C15H26N2O3. The van der Waals surface area contributed by atoms with Crippen LogP contribution in [0.25, 0.3) is 0 Å². The Morgan fingerprint density at radius 3 is 2.25 bits per heavy atom. The molecule has 1 amide bonds. The molecule has 1 saturated heterocycles. The second kappa shape index (κ2) is 6.57. The van der Waals surface area contributed by atoms with E-state index in [4.69, 9.17) is 5.11 Å². The van der Waals surface area contributed by atoms with Gasteiger partial charge >= 0.3 is 5.97 Å². The van der Waals surface area contributed by atoms with E-state index in [0.717, 1.165) is 39.0 Å². The van der Waals surface area contributed by atoms with E-state index >= 15 is 0 Å². The van der Waals surface area contributed by atoms with Crippen LogP contribution in [0, 0.1) is 11.8 Å². The molecular weight excluding hydrogens is 256 g/mol. The average Bonchev–Trinajstić information content (AvgIpc) is 2.96. The number of amides is 1. The second-order valence-corrected chi connectivity index (χ2v) is 6.16. The topological polar surface area (TPSA) is 60.9 Å². The van der Waals surface area contributed by atoms with Crippen LogP contribution in [0.15, 0.2) is 0 Å². The first-order valence-electron chi connectivity index (χ1n) is 7.78. The fourth-order valence-electron chi connectivity index (χ4n) is 3.33. The quantitative estimate of drug-likeness (QED) is 0.847. The molecule has 1 aliphatic carbocycles. The minimum atomic E-state index is -0.748. The molecule has 0 aromatic carbocycles. The van der Waals surface area contributed by atoms with Gasteiger partial charge in [0.2, 0.25) is 5.91 Å². The van der Waals surface area contributed by atoms with Crippen LogP contribution in [0.5, 0.6) is 0 Å². The van der Waals surface area contributed by atoms with Crippen LogP contribution in [0.4, 0.5) is 0 Å². The van der Waals surface area contributed by atoms with Gasteiger partial charge in [-0.3, -0.25) is 14.5 Å². The van der Waals surface area contributed by atoms with Gasteiger partial charge in [0.15, 0.2) is 0 Å². The summed E-state index contributed by atoms with van der Waals surface area (Å²) in [5, 5.41) is 9.01. The highest BCUT2D eigenvalue weighted by atomic mass is 16.4. The number of carboxylic acid groups (broad SMARTS) is 1. The summed E-state index contributed by atoms with van der Waals surface area (Å²) in [7, 11) is 0. The van der Waals surface area contributed by atoms with E-state index in [9.17, 15) is 9.59 Å². The van der Waals surface area contributed by atoms with Crippen LogP contribution < -0.4 is 0 Å². The number of rotatable bonds is 4. The maximum absolute atomic E-state index is 12.4. The Kier molecular flexibility index (Phi) is 5.02. The summed E-state index contributed by atoms with van der Waals surface area (Å²) < 4.78 is 0. The van der Waals surface area contributed by atoms with Crippen LogP contribution >= 0.6 is 0 Å². The number of piperazine rings is 1. The highest BCUT2D eigenvalue weighted by molar-refractivity contribution is 5.81. The molecule has 2 fully saturated rings. The fraction of sp³-hybridized carbons (Fsp3) is 0.867. The summed E-state index contributed by atoms with van der Waals surface area (Å²) in [5.41, 5.74) is 0. The van der Waals surface area contributed by atoms with E-state index in [1.807, 2.05) is 4.90 Å². The molecule has 3 atom stereocenters. The summed E-state index contributed by atoms with van der Waals surface area (Å²) >= 11 is 0. The lowest BCUT2D eigenvalue weighted by molar-refractivity contribution is -0.142. The lowest BCUT2D eigenvalue weighted by atomic mass is 10.0. The van der Waals surface area contributed by atoms with Crippen LogP contribution in [0.1, 0.15) is 39.5 Å². The molecule has 0 radical (unpaired) electrons. The first-order valence-corrected chi connectivity index (χ1v) is 7.78. The molecule has 0 aromatic rings. The van der Waals surface area contributed by atoms with Gasteiger partial charge in [0, 0.05) is 38.1 Å². The van der Waals surface area contributed by atoms with Crippen molar-refractivity contribution < 1.29 is 14.7 Å². The zero-order valence-corrected chi connectivity index (χ0v) is 12.5. The first-order chi connectivity index (χ1) is 9.52. The van der Waals surface area contributed by atoms with Crippen LogP contribution in [0.3, 0.4) is 0 Å². The number of nitrogens with zero attached hydrogens (tertiary/aromatic N) is 2. The molecule has 1 heterocycles. The standard InChI is InChI=1S/C15H26N2O3/c1-3-11(2)16-6-8-17(9-7-16)14(18)12-4-5-13(10-12)15(19)20/h11-13H,3-10H2,1-2H3,(H,19,20)/t11?,12-,13+/m1/s1. The third-order valence-corrected chi connectivity index (χ3v) is 4.97. The monoisotopic (exact) mass is 282 g/mol. The van der Waals surface area contributed by atoms with Gasteiger partial charge in [-0.25, -0.2) is 0 Å². The molecule has 1 aliphatic heterocycles. The Bertz CT molecular complexity index is 364. The van der Waals surface area contributed by atoms with E-state index in [2.05, 4.69) is 18.7 Å². The lowest BCUT2D eigenvalue weighted by Gasteiger charge is -2.38. The van der Waals surface area contributed by atoms with Crippen molar-refractivity contribution >= 4 is 11.9 Å². The third-order valence-electron chi connectivity index (χ3n) is 4.97. The normalized spacial score (nSPS) is 29.4. The SMILES string of the molecule is CCC(C)N1CCN(C(=O)[C@@H]2CC[C@H](C(=O)O)C2)CC1. The van der Waals surface area contributed by atoms with Gasteiger partial charge in [-0.1, -0.05) is 6.92 Å². The number of hydrogen-bond acceptors (Lipinski definition) is 3. The summed E-state index contributed by atoms with van der Waals surface area (Å²) in [6.45, 7) is 7.87. The van der Waals surface area contributed by atoms with Crippen molar-refractivity contribution in [3.05, 3.63) is 0 Å². The molecule has 2 aliphatic rings. The zero-order chi connectivity index (χ0) is 14.7. The van der Waals surface area contributed by atoms with E-state index in [1.165, 1.54) is 0 Å². The van der Waals surface area contributed by atoms with Crippen LogP contribution in [0.2, 0.25) is 0 Å². The van der Waals surface area contributed by atoms with Gasteiger partial charge < -0.3 is 10.0 Å². The van der Waals surface area contributed by atoms with Gasteiger partial charge in [0.25, 0.3) is 0 Å². The van der Waals surface area contributed by atoms with Crippen molar-refractivity contribution in [1.82, 2.24) is 9.80 Å².